The lowest BCUT2D eigenvalue weighted by molar-refractivity contribution is -0.159. The number of rotatable bonds is 10. The van der Waals surface area contributed by atoms with Gasteiger partial charge in [0.1, 0.15) is 11.5 Å². The van der Waals surface area contributed by atoms with Gasteiger partial charge in [0.2, 0.25) is 6.29 Å². The second-order valence-electron chi connectivity index (χ2n) is 14.2. The van der Waals surface area contributed by atoms with Crippen LogP contribution in [0.25, 0.3) is 11.1 Å². The molecule has 0 radical (unpaired) electrons. The SMILES string of the molecule is CC.CC.CC(C)(C)Cc1ccc(O)cc1.CCC(S)c1ccc(OC(OC(C)C)C2(c3ccc(-c4ccccc4)cc3)CCCCC2)cc1. The van der Waals surface area contributed by atoms with E-state index in [-0.39, 0.29) is 23.1 Å². The summed E-state index contributed by atoms with van der Waals surface area (Å²) in [6.07, 6.45) is 7.60. The number of phenols is 1. The van der Waals surface area contributed by atoms with Crippen LogP contribution in [0.4, 0.5) is 0 Å². The van der Waals surface area contributed by atoms with Crippen LogP contribution < -0.4 is 4.74 Å². The Hall–Kier alpha value is -3.21. The highest BCUT2D eigenvalue weighted by Gasteiger charge is 2.44. The summed E-state index contributed by atoms with van der Waals surface area (Å²) in [6.45, 7) is 21.0. The lowest BCUT2D eigenvalue weighted by atomic mass is 9.68. The summed E-state index contributed by atoms with van der Waals surface area (Å²) in [5.74, 6) is 1.20. The fraction of sp³-hybridized carbons (Fsp3) is 0.478. The van der Waals surface area contributed by atoms with Crippen molar-refractivity contribution in [2.75, 3.05) is 0 Å². The molecule has 0 aliphatic heterocycles. The van der Waals surface area contributed by atoms with E-state index < -0.39 is 0 Å². The molecular formula is C46H66O3S. The molecule has 4 aromatic carbocycles. The molecule has 2 atom stereocenters. The summed E-state index contributed by atoms with van der Waals surface area (Å²) >= 11 is 4.68. The Kier molecular flexibility index (Phi) is 18.8. The predicted molar refractivity (Wildman–Crippen MR) is 220 cm³/mol. The maximum Gasteiger partial charge on any atom is 0.209 e. The minimum Gasteiger partial charge on any atom is -0.508 e. The first kappa shape index (κ1) is 43.0. The average molecular weight is 699 g/mol. The van der Waals surface area contributed by atoms with E-state index in [1.807, 2.05) is 39.8 Å². The van der Waals surface area contributed by atoms with E-state index in [1.165, 1.54) is 47.1 Å². The third kappa shape index (κ3) is 13.5. The Labute approximate surface area is 311 Å². The van der Waals surface area contributed by atoms with Crippen LogP contribution >= 0.6 is 12.6 Å². The standard InChI is InChI=1S/C31H38O2S.C11H16O.2C2H6/c1-4-29(34)26-15-19-28(20-16-26)33-30(32-23(2)3)31(21-9-6-10-22-31)27-17-13-25(14-18-27)24-11-7-5-8-12-24;1-11(2,3)8-9-4-6-10(12)7-5-9;2*1-2/h5,7-8,11-20,23,29-30,34H,4,6,9-10,21-22H2,1-3H3;4-7,12H,8H2,1-3H3;2*1-2H3. The van der Waals surface area contributed by atoms with Crippen molar-refractivity contribution in [1.29, 1.82) is 0 Å². The summed E-state index contributed by atoms with van der Waals surface area (Å²) in [4.78, 5) is 0. The number of hydrogen-bond donors (Lipinski definition) is 2. The lowest BCUT2D eigenvalue weighted by Crippen LogP contribution is -2.47. The summed E-state index contributed by atoms with van der Waals surface area (Å²) < 4.78 is 13.2. The van der Waals surface area contributed by atoms with Crippen molar-refractivity contribution in [1.82, 2.24) is 0 Å². The molecule has 274 valence electrons. The van der Waals surface area contributed by atoms with E-state index in [0.717, 1.165) is 31.4 Å². The molecule has 1 saturated carbocycles. The molecule has 4 heteroatoms. The highest BCUT2D eigenvalue weighted by Crippen LogP contribution is 2.45. The molecule has 0 saturated heterocycles. The highest BCUT2D eigenvalue weighted by atomic mass is 32.1. The normalized spacial score (nSPS) is 14.8. The number of thiol groups is 1. The van der Waals surface area contributed by atoms with Gasteiger partial charge in [-0.3, -0.25) is 0 Å². The smallest absolute Gasteiger partial charge is 0.209 e. The summed E-state index contributed by atoms with van der Waals surface area (Å²) in [5.41, 5.74) is 6.46. The zero-order valence-electron chi connectivity index (χ0n) is 32.7. The largest absolute Gasteiger partial charge is 0.508 e. The van der Waals surface area contributed by atoms with Crippen molar-refractivity contribution >= 4 is 12.6 Å². The summed E-state index contributed by atoms with van der Waals surface area (Å²) in [5, 5.41) is 9.31. The quantitative estimate of drug-likeness (QED) is 0.128. The van der Waals surface area contributed by atoms with Gasteiger partial charge < -0.3 is 14.6 Å². The first-order chi connectivity index (χ1) is 24.0. The molecule has 1 aliphatic carbocycles. The van der Waals surface area contributed by atoms with E-state index in [1.54, 1.807) is 12.1 Å². The van der Waals surface area contributed by atoms with Crippen LogP contribution in [-0.4, -0.2) is 17.5 Å². The van der Waals surface area contributed by atoms with Crippen LogP contribution in [0.5, 0.6) is 11.5 Å². The predicted octanol–water partition coefficient (Wildman–Crippen LogP) is 13.8. The Morgan fingerprint density at radius 3 is 1.76 bits per heavy atom. The van der Waals surface area contributed by atoms with Crippen molar-refractivity contribution < 1.29 is 14.6 Å². The van der Waals surface area contributed by atoms with Crippen LogP contribution in [-0.2, 0) is 16.6 Å². The summed E-state index contributed by atoms with van der Waals surface area (Å²) in [7, 11) is 0. The van der Waals surface area contributed by atoms with E-state index in [0.29, 0.717) is 11.2 Å². The molecule has 0 heterocycles. The molecule has 0 amide bonds. The van der Waals surface area contributed by atoms with E-state index in [9.17, 15) is 0 Å². The molecule has 1 fully saturated rings. The third-order valence-electron chi connectivity index (χ3n) is 8.73. The van der Waals surface area contributed by atoms with Gasteiger partial charge in [-0.25, -0.2) is 0 Å². The van der Waals surface area contributed by atoms with Gasteiger partial charge in [-0.2, -0.15) is 12.6 Å². The van der Waals surface area contributed by atoms with Gasteiger partial charge >= 0.3 is 0 Å². The second kappa shape index (κ2) is 21.9. The zero-order valence-corrected chi connectivity index (χ0v) is 33.6. The fourth-order valence-electron chi connectivity index (χ4n) is 6.34. The minimum atomic E-state index is -0.334. The van der Waals surface area contributed by atoms with Crippen LogP contribution in [0.3, 0.4) is 0 Å². The average Bonchev–Trinajstić information content (AvgIpc) is 3.14. The molecule has 0 bridgehead atoms. The van der Waals surface area contributed by atoms with Gasteiger partial charge in [0, 0.05) is 5.25 Å². The Bertz CT molecular complexity index is 1430. The minimum absolute atomic E-state index is 0.0774. The molecule has 0 spiro atoms. The molecule has 5 rings (SSSR count). The van der Waals surface area contributed by atoms with Crippen LogP contribution in [0.1, 0.15) is 130 Å². The number of hydrogen-bond acceptors (Lipinski definition) is 4. The zero-order chi connectivity index (χ0) is 37.2. The van der Waals surface area contributed by atoms with Gasteiger partial charge in [-0.05, 0) is 97.0 Å². The van der Waals surface area contributed by atoms with Gasteiger partial charge in [-0.15, -0.1) is 0 Å². The van der Waals surface area contributed by atoms with Crippen LogP contribution in [0.2, 0.25) is 0 Å². The molecule has 0 aromatic heterocycles. The van der Waals surface area contributed by atoms with Gasteiger partial charge in [0.25, 0.3) is 0 Å². The van der Waals surface area contributed by atoms with Crippen molar-refractivity contribution in [3.63, 3.8) is 0 Å². The van der Waals surface area contributed by atoms with Gasteiger partial charge in [0.05, 0.1) is 11.5 Å². The fourth-order valence-corrected chi connectivity index (χ4v) is 6.51. The Morgan fingerprint density at radius 2 is 1.26 bits per heavy atom. The van der Waals surface area contributed by atoms with Crippen LogP contribution in [0, 0.1) is 5.41 Å². The maximum atomic E-state index is 9.05. The number of aromatic hydroxyl groups is 1. The van der Waals surface area contributed by atoms with Gasteiger partial charge in [0.15, 0.2) is 0 Å². The Morgan fingerprint density at radius 1 is 0.720 bits per heavy atom. The molecule has 4 aromatic rings. The molecule has 2 unspecified atom stereocenters. The second-order valence-corrected chi connectivity index (χ2v) is 14.8. The highest BCUT2D eigenvalue weighted by molar-refractivity contribution is 7.80. The maximum absolute atomic E-state index is 9.05. The number of phenolic OH excluding ortho intramolecular Hbond substituents is 1. The summed E-state index contributed by atoms with van der Waals surface area (Å²) in [6, 6.07) is 35.5. The number of ether oxygens (including phenoxy) is 2. The third-order valence-corrected chi connectivity index (χ3v) is 9.39. The molecular weight excluding hydrogens is 633 g/mol. The van der Waals surface area contributed by atoms with E-state index in [4.69, 9.17) is 14.6 Å². The van der Waals surface area contributed by atoms with Crippen molar-refractivity contribution in [2.24, 2.45) is 5.41 Å². The molecule has 1 aliphatic rings. The lowest BCUT2D eigenvalue weighted by Gasteiger charge is -2.44. The topological polar surface area (TPSA) is 38.7 Å². The molecule has 1 N–H and O–H groups in total. The first-order valence-electron chi connectivity index (χ1n) is 19.0. The Balaban J connectivity index is 0.000000454. The van der Waals surface area contributed by atoms with E-state index in [2.05, 4.69) is 133 Å². The van der Waals surface area contributed by atoms with Crippen molar-refractivity contribution in [2.45, 2.75) is 137 Å². The molecule has 3 nitrogen and oxygen atoms in total. The first-order valence-corrected chi connectivity index (χ1v) is 19.5. The van der Waals surface area contributed by atoms with Crippen molar-refractivity contribution in [3.8, 4) is 22.6 Å². The van der Waals surface area contributed by atoms with Crippen molar-refractivity contribution in [3.05, 3.63) is 120 Å². The van der Waals surface area contributed by atoms with Crippen LogP contribution in [0.15, 0.2) is 103 Å². The molecule has 50 heavy (non-hydrogen) atoms. The van der Waals surface area contributed by atoms with E-state index >= 15 is 0 Å². The van der Waals surface area contributed by atoms with Gasteiger partial charge in [-0.1, -0.05) is 154 Å². The monoisotopic (exact) mass is 698 g/mol. The number of benzene rings is 4.